The van der Waals surface area contributed by atoms with E-state index >= 15 is 0 Å². The smallest absolute Gasteiger partial charge is 0.369 e. The van der Waals surface area contributed by atoms with Crippen LogP contribution in [0, 0.1) is 0 Å². The maximum atomic E-state index is 12.3. The van der Waals surface area contributed by atoms with Gasteiger partial charge in [-0.1, -0.05) is 30.3 Å². The van der Waals surface area contributed by atoms with Gasteiger partial charge >= 0.3 is 12.1 Å². The Bertz CT molecular complexity index is 724. The highest BCUT2D eigenvalue weighted by Crippen LogP contribution is 2.22. The molecule has 2 aromatic rings. The third-order valence-electron chi connectivity index (χ3n) is 4.37. The van der Waals surface area contributed by atoms with Crippen LogP contribution < -0.4 is 10.2 Å². The molecule has 0 atom stereocenters. The molecule has 1 saturated heterocycles. The highest BCUT2D eigenvalue weighted by atomic mass is 19.4. The van der Waals surface area contributed by atoms with Crippen molar-refractivity contribution in [3.63, 3.8) is 0 Å². The fourth-order valence-electron chi connectivity index (χ4n) is 2.96. The van der Waals surface area contributed by atoms with Crippen LogP contribution in [0.1, 0.15) is 5.56 Å². The number of nitrogens with zero attached hydrogens (tertiary/aromatic N) is 2. The highest BCUT2D eigenvalue weighted by Gasteiger charge is 2.38. The summed E-state index contributed by atoms with van der Waals surface area (Å²) in [6, 6.07) is 16.8. The first-order chi connectivity index (χ1) is 12.4. The quantitative estimate of drug-likeness (QED) is 0.903. The number of hydrogen-bond donors (Lipinski definition) is 1. The molecule has 2 aromatic carbocycles. The number of halogens is 3. The summed E-state index contributed by atoms with van der Waals surface area (Å²) in [6.07, 6.45) is -4.88. The number of rotatable bonds is 4. The molecule has 138 valence electrons. The van der Waals surface area contributed by atoms with E-state index in [0.717, 1.165) is 38.4 Å². The van der Waals surface area contributed by atoms with Gasteiger partial charge in [-0.15, -0.1) is 0 Å². The molecule has 0 bridgehead atoms. The van der Waals surface area contributed by atoms with Crippen LogP contribution >= 0.6 is 0 Å². The van der Waals surface area contributed by atoms with E-state index in [9.17, 15) is 18.0 Å². The van der Waals surface area contributed by atoms with Gasteiger partial charge in [0.25, 0.3) is 0 Å². The summed E-state index contributed by atoms with van der Waals surface area (Å²) in [6.45, 7) is 4.45. The molecular weight excluding hydrogens is 343 g/mol. The van der Waals surface area contributed by atoms with Gasteiger partial charge in [-0.25, -0.2) is 0 Å². The molecule has 7 heteroatoms. The molecule has 1 amide bonds. The normalized spacial score (nSPS) is 15.7. The van der Waals surface area contributed by atoms with Crippen molar-refractivity contribution in [2.24, 2.45) is 0 Å². The van der Waals surface area contributed by atoms with Gasteiger partial charge in [0.2, 0.25) is 0 Å². The molecule has 4 nitrogen and oxygen atoms in total. The van der Waals surface area contributed by atoms with E-state index < -0.39 is 12.1 Å². The molecule has 1 N–H and O–H groups in total. The maximum absolute atomic E-state index is 12.3. The lowest BCUT2D eigenvalue weighted by Crippen LogP contribution is -2.45. The average molecular weight is 363 g/mol. The zero-order valence-corrected chi connectivity index (χ0v) is 14.2. The van der Waals surface area contributed by atoms with Gasteiger partial charge in [-0.05, 0) is 29.8 Å². The summed E-state index contributed by atoms with van der Waals surface area (Å²) in [5.41, 5.74) is 2.36. The van der Waals surface area contributed by atoms with E-state index in [2.05, 4.69) is 21.9 Å². The van der Waals surface area contributed by atoms with Gasteiger partial charge in [0, 0.05) is 44.1 Å². The van der Waals surface area contributed by atoms with Gasteiger partial charge in [0.15, 0.2) is 0 Å². The van der Waals surface area contributed by atoms with Crippen molar-refractivity contribution in [2.75, 3.05) is 36.4 Å². The number of piperazine rings is 1. The van der Waals surface area contributed by atoms with Gasteiger partial charge in [-0.2, -0.15) is 13.2 Å². The van der Waals surface area contributed by atoms with E-state index in [4.69, 9.17) is 0 Å². The highest BCUT2D eigenvalue weighted by molar-refractivity contribution is 5.95. The average Bonchev–Trinajstić information content (AvgIpc) is 2.63. The van der Waals surface area contributed by atoms with E-state index in [1.54, 1.807) is 12.1 Å². The first-order valence-electron chi connectivity index (χ1n) is 8.41. The number of anilines is 2. The summed E-state index contributed by atoms with van der Waals surface area (Å²) < 4.78 is 36.8. The lowest BCUT2D eigenvalue weighted by atomic mass is 10.2. The summed E-state index contributed by atoms with van der Waals surface area (Å²) in [5.74, 6) is -1.96. The number of alkyl halides is 3. The van der Waals surface area contributed by atoms with Crippen LogP contribution in [-0.2, 0) is 11.3 Å². The monoisotopic (exact) mass is 363 g/mol. The first kappa shape index (κ1) is 18.3. The van der Waals surface area contributed by atoms with Crippen LogP contribution in [0.25, 0.3) is 0 Å². The van der Waals surface area contributed by atoms with Crippen molar-refractivity contribution in [1.82, 2.24) is 4.90 Å². The van der Waals surface area contributed by atoms with Crippen molar-refractivity contribution in [3.8, 4) is 0 Å². The summed E-state index contributed by atoms with van der Waals surface area (Å²) in [4.78, 5) is 15.5. The summed E-state index contributed by atoms with van der Waals surface area (Å²) in [5, 5.41) is 1.86. The minimum absolute atomic E-state index is 0.138. The Morgan fingerprint density at radius 1 is 0.923 bits per heavy atom. The second-order valence-corrected chi connectivity index (χ2v) is 6.25. The standard InChI is InChI=1S/C19H20F3N3O/c20-19(21,22)18(26)23-16-6-8-17(9-7-16)25-12-10-24(11-13-25)14-15-4-2-1-3-5-15/h1-9H,10-14H2,(H,23,26). The number of hydrogen-bond acceptors (Lipinski definition) is 3. The van der Waals surface area contributed by atoms with Crippen molar-refractivity contribution in [2.45, 2.75) is 12.7 Å². The van der Waals surface area contributed by atoms with Gasteiger partial charge in [0.1, 0.15) is 0 Å². The summed E-state index contributed by atoms with van der Waals surface area (Å²) in [7, 11) is 0. The molecule has 3 rings (SSSR count). The van der Waals surface area contributed by atoms with Crippen LogP contribution in [0.5, 0.6) is 0 Å². The Kier molecular flexibility index (Phi) is 5.46. The van der Waals surface area contributed by atoms with Crippen LogP contribution in [0.2, 0.25) is 0 Å². The van der Waals surface area contributed by atoms with Gasteiger partial charge in [0.05, 0.1) is 0 Å². The number of carbonyl (C=O) groups is 1. The van der Waals surface area contributed by atoms with Crippen LogP contribution in [-0.4, -0.2) is 43.2 Å². The van der Waals surface area contributed by atoms with E-state index in [0.29, 0.717) is 0 Å². The van der Waals surface area contributed by atoms with Crippen LogP contribution in [0.3, 0.4) is 0 Å². The molecule has 1 aliphatic rings. The Balaban J connectivity index is 1.52. The molecule has 1 aliphatic heterocycles. The first-order valence-corrected chi connectivity index (χ1v) is 8.41. The lowest BCUT2D eigenvalue weighted by molar-refractivity contribution is -0.167. The van der Waals surface area contributed by atoms with E-state index in [-0.39, 0.29) is 5.69 Å². The Labute approximate surface area is 150 Å². The fourth-order valence-corrected chi connectivity index (χ4v) is 2.96. The zero-order chi connectivity index (χ0) is 18.6. The number of amides is 1. The molecule has 1 heterocycles. The van der Waals surface area contributed by atoms with Crippen molar-refractivity contribution in [3.05, 3.63) is 60.2 Å². The molecular formula is C19H20F3N3O. The minimum Gasteiger partial charge on any atom is -0.369 e. The zero-order valence-electron chi connectivity index (χ0n) is 14.2. The summed E-state index contributed by atoms with van der Waals surface area (Å²) >= 11 is 0. The number of carbonyl (C=O) groups excluding carboxylic acids is 1. The predicted molar refractivity (Wildman–Crippen MR) is 95.1 cm³/mol. The Morgan fingerprint density at radius 3 is 2.12 bits per heavy atom. The predicted octanol–water partition coefficient (Wildman–Crippen LogP) is 3.51. The van der Waals surface area contributed by atoms with E-state index in [1.807, 2.05) is 23.5 Å². The second-order valence-electron chi connectivity index (χ2n) is 6.25. The van der Waals surface area contributed by atoms with Crippen LogP contribution in [0.4, 0.5) is 24.5 Å². The molecule has 0 spiro atoms. The minimum atomic E-state index is -4.88. The van der Waals surface area contributed by atoms with Crippen molar-refractivity contribution < 1.29 is 18.0 Å². The number of nitrogens with one attached hydrogen (secondary N) is 1. The fraction of sp³-hybridized carbons (Fsp3) is 0.316. The van der Waals surface area contributed by atoms with Crippen molar-refractivity contribution >= 4 is 17.3 Å². The third kappa shape index (κ3) is 4.76. The second kappa shape index (κ2) is 7.78. The Hall–Kier alpha value is -2.54. The molecule has 1 fully saturated rings. The molecule has 0 radical (unpaired) electrons. The van der Waals surface area contributed by atoms with E-state index in [1.165, 1.54) is 17.7 Å². The number of benzene rings is 2. The molecule has 0 unspecified atom stereocenters. The van der Waals surface area contributed by atoms with Crippen LogP contribution in [0.15, 0.2) is 54.6 Å². The van der Waals surface area contributed by atoms with Crippen molar-refractivity contribution in [1.29, 1.82) is 0 Å². The SMILES string of the molecule is O=C(Nc1ccc(N2CCN(Cc3ccccc3)CC2)cc1)C(F)(F)F. The molecule has 26 heavy (non-hydrogen) atoms. The molecule has 0 aliphatic carbocycles. The molecule has 0 saturated carbocycles. The van der Waals surface area contributed by atoms with Gasteiger partial charge < -0.3 is 10.2 Å². The lowest BCUT2D eigenvalue weighted by Gasteiger charge is -2.36. The maximum Gasteiger partial charge on any atom is 0.471 e. The largest absolute Gasteiger partial charge is 0.471 e. The third-order valence-corrected chi connectivity index (χ3v) is 4.37. The van der Waals surface area contributed by atoms with Gasteiger partial charge in [-0.3, -0.25) is 9.69 Å². The Morgan fingerprint density at radius 2 is 1.54 bits per heavy atom. The molecule has 0 aromatic heterocycles. The topological polar surface area (TPSA) is 35.6 Å².